The number of amides is 3. The first-order valence-electron chi connectivity index (χ1n) is 40.9. The summed E-state index contributed by atoms with van der Waals surface area (Å²) in [5, 5.41) is 21.7. The first-order valence-corrected chi connectivity index (χ1v) is 44.6. The zero-order valence-corrected chi connectivity index (χ0v) is 74.8. The molecular weight excluding hydrogens is 1700 g/mol. The normalized spacial score (nSPS) is 16.0. The Balaban J connectivity index is 0.000000163. The topological polar surface area (TPSA) is 293 Å². The summed E-state index contributed by atoms with van der Waals surface area (Å²) in [6.07, 6.45) is 14.3. The van der Waals surface area contributed by atoms with Gasteiger partial charge in [-0.2, -0.15) is 15.0 Å². The first kappa shape index (κ1) is 91.9. The van der Waals surface area contributed by atoms with Gasteiger partial charge in [0.05, 0.1) is 67.0 Å². The van der Waals surface area contributed by atoms with Crippen LogP contribution in [0.15, 0.2) is 177 Å². The highest BCUT2D eigenvalue weighted by atomic mass is 32.2. The van der Waals surface area contributed by atoms with Crippen LogP contribution in [0.5, 0.6) is 11.5 Å². The zero-order chi connectivity index (χ0) is 91.7. The van der Waals surface area contributed by atoms with E-state index in [2.05, 4.69) is 59.6 Å². The summed E-state index contributed by atoms with van der Waals surface area (Å²) in [7, 11) is 0. The Kier molecular flexibility index (Phi) is 27.7. The highest BCUT2D eigenvalue weighted by Crippen LogP contribution is 2.44. The molecule has 4 atom stereocenters. The Morgan fingerprint density at radius 1 is 0.417 bits per heavy atom. The predicted octanol–water partition coefficient (Wildman–Crippen LogP) is 15.7. The molecule has 35 heteroatoms. The van der Waals surface area contributed by atoms with Crippen molar-refractivity contribution >= 4 is 104 Å². The number of benzene rings is 3. The number of thioether (sulfide) groups is 3. The van der Waals surface area contributed by atoms with Gasteiger partial charge in [0.15, 0.2) is 34.4 Å². The summed E-state index contributed by atoms with van der Waals surface area (Å²) in [5.41, 5.74) is 0.372. The van der Waals surface area contributed by atoms with Crippen molar-refractivity contribution in [3.63, 3.8) is 0 Å². The first-order chi connectivity index (χ1) is 60.6. The molecule has 3 aliphatic heterocycles. The fourth-order valence-corrected chi connectivity index (χ4v) is 18.1. The zero-order valence-electron chi connectivity index (χ0n) is 72.3. The summed E-state index contributed by atoms with van der Waals surface area (Å²) in [4.78, 5) is 132. The molecule has 3 aromatic carbocycles. The van der Waals surface area contributed by atoms with Crippen LogP contribution in [-0.4, -0.2) is 196 Å². The molecule has 15 rings (SSSR count). The average Bonchev–Trinajstić information content (AvgIpc) is 0.740. The van der Waals surface area contributed by atoms with Crippen LogP contribution in [0.4, 0.5) is 43.8 Å². The van der Waals surface area contributed by atoms with Crippen molar-refractivity contribution in [1.82, 2.24) is 73.3 Å². The van der Waals surface area contributed by atoms with Crippen molar-refractivity contribution in [2.75, 3.05) is 85.8 Å². The highest BCUT2D eigenvalue weighted by molar-refractivity contribution is 7.99. The van der Waals surface area contributed by atoms with E-state index in [1.165, 1.54) is 116 Å². The van der Waals surface area contributed by atoms with Crippen LogP contribution in [0.1, 0.15) is 110 Å². The molecule has 12 aromatic rings. The number of fused-ring (bicyclic) bond motifs is 3. The number of rotatable bonds is 18. The second-order valence-electron chi connectivity index (χ2n) is 31.7. The van der Waals surface area contributed by atoms with E-state index >= 15 is 17.6 Å². The number of pyridine rings is 6. The number of hydrogen-bond acceptors (Lipinski definition) is 23. The van der Waals surface area contributed by atoms with Crippen molar-refractivity contribution in [2.24, 2.45) is 0 Å². The molecule has 660 valence electrons. The molecule has 26 nitrogen and oxygen atoms in total. The summed E-state index contributed by atoms with van der Waals surface area (Å²) in [6, 6.07) is 19.7. The molecule has 3 aliphatic rings. The molecule has 0 bridgehead atoms. The number of anilines is 3. The number of aryl methyl sites for hydroxylation is 1. The summed E-state index contributed by atoms with van der Waals surface area (Å²) < 4.78 is 96.9. The lowest BCUT2D eigenvalue weighted by molar-refractivity contribution is -0.129. The number of phenolic OH excluding ortho intramolecular Hbond substituents is 2. The number of carbonyl (C=O) groups excluding carboxylic acids is 3. The molecule has 0 saturated carbocycles. The maximum Gasteiger partial charge on any atom is 0.355 e. The minimum atomic E-state index is -0.900. The van der Waals surface area contributed by atoms with Gasteiger partial charge in [-0.15, -0.1) is 35.3 Å². The van der Waals surface area contributed by atoms with E-state index in [-0.39, 0.29) is 116 Å². The lowest BCUT2D eigenvalue weighted by Gasteiger charge is -2.44. The van der Waals surface area contributed by atoms with E-state index in [0.717, 1.165) is 27.5 Å². The molecule has 12 heterocycles. The van der Waals surface area contributed by atoms with E-state index in [1.807, 2.05) is 103 Å². The third kappa shape index (κ3) is 17.7. The van der Waals surface area contributed by atoms with Crippen molar-refractivity contribution in [3.05, 3.63) is 237 Å². The SMILES string of the molecule is C=CC(=O)N1CCN(c2nc(=O)n(-c3c(C)ccnc3C(C)C)c3nc(-c4c(F)cccc4SC)c(F)cc23)[C@@H](C)C1.C=CC(=O)N1CCN(c2nc(=O)n(-c3c(SC)ccnc3C(C)C)c3nc(-c4c(O)cccc4F)c(F)cc23)[C@@H](C)C1.C=CC(=O)N1C[C@H](C)N(c2nc(=O)n(-c3c(SC)ccnc3C(C)C)c3nc(-c4c(O)cccc4F)c(F)cc23)C[C@H]1C. The van der Waals surface area contributed by atoms with Crippen molar-refractivity contribution in [1.29, 1.82) is 0 Å². The molecule has 0 aliphatic carbocycles. The van der Waals surface area contributed by atoms with Crippen LogP contribution >= 0.6 is 35.3 Å². The molecule has 2 N–H and O–H groups in total. The van der Waals surface area contributed by atoms with Gasteiger partial charge >= 0.3 is 17.1 Å². The fourth-order valence-electron chi connectivity index (χ4n) is 16.4. The summed E-state index contributed by atoms with van der Waals surface area (Å²) >= 11 is 4.08. The van der Waals surface area contributed by atoms with Gasteiger partial charge in [-0.05, 0) is 168 Å². The van der Waals surface area contributed by atoms with Crippen LogP contribution < -0.4 is 31.8 Å². The Morgan fingerprint density at radius 3 is 1.13 bits per heavy atom. The molecule has 0 unspecified atom stereocenters. The van der Waals surface area contributed by atoms with Crippen molar-refractivity contribution in [3.8, 4) is 62.3 Å². The molecule has 127 heavy (non-hydrogen) atoms. The van der Waals surface area contributed by atoms with Crippen LogP contribution in [0, 0.1) is 41.8 Å². The monoisotopic (exact) mass is 1790 g/mol. The van der Waals surface area contributed by atoms with Gasteiger partial charge in [0.1, 0.15) is 63.5 Å². The van der Waals surface area contributed by atoms with Crippen molar-refractivity contribution in [2.45, 2.75) is 133 Å². The Labute approximate surface area is 740 Å². The van der Waals surface area contributed by atoms with Crippen molar-refractivity contribution < 1.29 is 50.9 Å². The molecular formula is C92H94F6N18O8S3. The summed E-state index contributed by atoms with van der Waals surface area (Å²) in [5.74, 6) is -6.08. The third-order valence-electron chi connectivity index (χ3n) is 22.5. The molecule has 3 fully saturated rings. The Morgan fingerprint density at radius 2 is 0.764 bits per heavy atom. The number of hydrogen-bond donors (Lipinski definition) is 2. The fraction of sp³-hybridized carbons (Fsp3) is 0.315. The number of piperazine rings is 3. The van der Waals surface area contributed by atoms with Gasteiger partial charge in [-0.25, -0.2) is 69.4 Å². The van der Waals surface area contributed by atoms with Gasteiger partial charge in [-0.1, -0.05) is 79.5 Å². The largest absolute Gasteiger partial charge is 0.507 e. The lowest BCUT2D eigenvalue weighted by Crippen LogP contribution is -2.58. The van der Waals surface area contributed by atoms with Crippen LogP contribution in [-0.2, 0) is 14.4 Å². The Hall–Kier alpha value is -12.8. The highest BCUT2D eigenvalue weighted by Gasteiger charge is 2.38. The quantitative estimate of drug-likeness (QED) is 0.0458. The number of halogens is 6. The van der Waals surface area contributed by atoms with Crippen LogP contribution in [0.2, 0.25) is 0 Å². The average molecular weight is 1790 g/mol. The van der Waals surface area contributed by atoms with Gasteiger partial charge < -0.3 is 39.6 Å². The molecule has 0 spiro atoms. The molecule has 3 saturated heterocycles. The smallest absolute Gasteiger partial charge is 0.355 e. The standard InChI is InChI=1S/C31H32F2N6O3S.C31H32F2N6O2S.C30H30F2N6O3S/c1-7-24(41)37-14-18(5)38(15-17(37)4)29-19-13-21(33)27(25-20(32)9-8-10-22(25)40)35-30(19)39(31(42)36-29)28-23(43-6)11-12-34-26(28)16(2)3;1-7-24(40)37-13-14-38(19(5)16-37)29-20-15-22(33)27(25-21(32)9-8-10-23(25)42-6)35-30(20)39(31(41)36-29)28-18(4)11-12-34-26(28)17(2)3;1-6-23(40)36-12-13-37(17(4)15-36)28-18-14-20(32)26(24-19(31)8-7-9-21(24)39)34-29(18)38(30(41)35-28)27-22(42-5)10-11-33-25(27)16(2)3/h7-13,16-18,40H,1,14-15H2,2-6H3;7-12,15,17,19H,1,13-14,16H2,2-6H3;6-11,14,16-17,39H,1,12-13,15H2,2-5H3/t17-,18+;19-;17-/m100/s1. The van der Waals surface area contributed by atoms with E-state index in [9.17, 15) is 47.8 Å². The van der Waals surface area contributed by atoms with Gasteiger partial charge in [0.25, 0.3) is 0 Å². The number of phenols is 2. The van der Waals surface area contributed by atoms with Gasteiger partial charge in [0.2, 0.25) is 17.7 Å². The number of nitrogens with zero attached hydrogens (tertiary/aromatic N) is 18. The maximum atomic E-state index is 16.0. The minimum absolute atomic E-state index is 0.0265. The van der Waals surface area contributed by atoms with Gasteiger partial charge in [-0.3, -0.25) is 29.3 Å². The Bertz CT molecular complexity index is 6550. The number of aromatic hydroxyl groups is 2. The summed E-state index contributed by atoms with van der Waals surface area (Å²) in [6.45, 7) is 34.6. The number of carbonyl (C=O) groups is 3. The van der Waals surface area contributed by atoms with E-state index < -0.39 is 86.0 Å². The van der Waals surface area contributed by atoms with E-state index in [4.69, 9.17) is 4.98 Å². The van der Waals surface area contributed by atoms with Crippen LogP contribution in [0.3, 0.4) is 0 Å². The van der Waals surface area contributed by atoms with Gasteiger partial charge in [0, 0.05) is 110 Å². The maximum absolute atomic E-state index is 16.0. The third-order valence-corrected chi connectivity index (χ3v) is 24.8. The number of aromatic nitrogens is 12. The molecule has 3 amide bonds. The van der Waals surface area contributed by atoms with E-state index in [1.54, 1.807) is 69.9 Å². The molecule has 0 radical (unpaired) electrons. The van der Waals surface area contributed by atoms with Crippen LogP contribution in [0.25, 0.3) is 83.9 Å². The lowest BCUT2D eigenvalue weighted by atomic mass is 10.0. The predicted molar refractivity (Wildman–Crippen MR) is 486 cm³/mol. The second kappa shape index (κ2) is 38.2. The molecule has 9 aromatic heterocycles. The second-order valence-corrected chi connectivity index (χ2v) is 34.3. The van der Waals surface area contributed by atoms with E-state index in [0.29, 0.717) is 96.8 Å². The minimum Gasteiger partial charge on any atom is -0.507 e.